The van der Waals surface area contributed by atoms with Crippen molar-refractivity contribution in [3.05, 3.63) is 41.7 Å². The molecule has 7 nitrogen and oxygen atoms in total. The lowest BCUT2D eigenvalue weighted by molar-refractivity contribution is 0.0689. The molecule has 0 saturated carbocycles. The van der Waals surface area contributed by atoms with Gasteiger partial charge in [-0.1, -0.05) is 23.4 Å². The predicted octanol–water partition coefficient (Wildman–Crippen LogP) is 1.12. The van der Waals surface area contributed by atoms with E-state index < -0.39 is 5.97 Å². The van der Waals surface area contributed by atoms with Crippen LogP contribution in [0.4, 0.5) is 0 Å². The second-order valence-electron chi connectivity index (χ2n) is 3.92. The molecule has 0 aliphatic carbocycles. The van der Waals surface area contributed by atoms with Crippen LogP contribution in [0.2, 0.25) is 0 Å². The number of aromatic carboxylic acids is 1. The van der Waals surface area contributed by atoms with Gasteiger partial charge in [0.25, 0.3) is 0 Å². The maximum absolute atomic E-state index is 11.0. The van der Waals surface area contributed by atoms with Gasteiger partial charge < -0.3 is 9.84 Å². The molecular formula is C13H12N4O3. The number of para-hydroxylation sites is 1. The summed E-state index contributed by atoms with van der Waals surface area (Å²) in [6, 6.07) is 11.1. The Morgan fingerprint density at radius 2 is 2.15 bits per heavy atom. The van der Waals surface area contributed by atoms with Gasteiger partial charge in [-0.2, -0.15) is 5.26 Å². The Morgan fingerprint density at radius 1 is 1.40 bits per heavy atom. The quantitative estimate of drug-likeness (QED) is 0.845. The smallest absolute Gasteiger partial charge is 0.358 e. The lowest BCUT2D eigenvalue weighted by Crippen LogP contribution is -2.12. The van der Waals surface area contributed by atoms with Crippen LogP contribution in [-0.2, 0) is 13.0 Å². The minimum Gasteiger partial charge on any atom is -0.493 e. The Kier molecular flexibility index (Phi) is 4.29. The molecule has 0 saturated heterocycles. The zero-order valence-corrected chi connectivity index (χ0v) is 10.6. The molecule has 2 aromatic rings. The van der Waals surface area contributed by atoms with E-state index in [1.54, 1.807) is 0 Å². The zero-order chi connectivity index (χ0) is 14.4. The Bertz CT molecular complexity index is 631. The van der Waals surface area contributed by atoms with Crippen molar-refractivity contribution in [2.75, 3.05) is 6.61 Å². The molecular weight excluding hydrogens is 260 g/mol. The Morgan fingerprint density at radius 3 is 2.80 bits per heavy atom. The molecule has 0 atom stereocenters. The van der Waals surface area contributed by atoms with Crippen LogP contribution in [-0.4, -0.2) is 32.7 Å². The molecule has 1 aromatic heterocycles. The SMILES string of the molecule is N#CCn1nnc(C(=O)O)c1CCOc1ccccc1. The predicted molar refractivity (Wildman–Crippen MR) is 68.2 cm³/mol. The summed E-state index contributed by atoms with van der Waals surface area (Å²) in [6.45, 7) is 0.240. The van der Waals surface area contributed by atoms with Crippen molar-refractivity contribution in [1.29, 1.82) is 5.26 Å². The number of carbonyl (C=O) groups is 1. The Labute approximate surface area is 115 Å². The van der Waals surface area contributed by atoms with Crippen molar-refractivity contribution in [3.63, 3.8) is 0 Å². The van der Waals surface area contributed by atoms with Gasteiger partial charge in [0.05, 0.1) is 18.4 Å². The molecule has 102 valence electrons. The van der Waals surface area contributed by atoms with Crippen molar-refractivity contribution < 1.29 is 14.6 Å². The summed E-state index contributed by atoms with van der Waals surface area (Å²) in [5.74, 6) is -0.465. The fraction of sp³-hybridized carbons (Fsp3) is 0.231. The van der Waals surface area contributed by atoms with Crippen molar-refractivity contribution in [2.45, 2.75) is 13.0 Å². The number of carboxylic acid groups (broad SMARTS) is 1. The number of nitriles is 1. The van der Waals surface area contributed by atoms with Crippen LogP contribution in [0.15, 0.2) is 30.3 Å². The van der Waals surface area contributed by atoms with E-state index >= 15 is 0 Å². The van der Waals surface area contributed by atoms with Crippen molar-refractivity contribution in [3.8, 4) is 11.8 Å². The highest BCUT2D eigenvalue weighted by molar-refractivity contribution is 5.86. The molecule has 0 unspecified atom stereocenters. The summed E-state index contributed by atoms with van der Waals surface area (Å²) >= 11 is 0. The molecule has 1 N–H and O–H groups in total. The summed E-state index contributed by atoms with van der Waals surface area (Å²) in [5, 5.41) is 24.9. The maximum Gasteiger partial charge on any atom is 0.358 e. The first kappa shape index (κ1) is 13.5. The van der Waals surface area contributed by atoms with Gasteiger partial charge in [-0.05, 0) is 12.1 Å². The topological polar surface area (TPSA) is 101 Å². The van der Waals surface area contributed by atoms with Gasteiger partial charge in [0, 0.05) is 6.42 Å². The lowest BCUT2D eigenvalue weighted by Gasteiger charge is -2.06. The van der Waals surface area contributed by atoms with Gasteiger partial charge in [0.15, 0.2) is 5.69 Å². The fourth-order valence-electron chi connectivity index (χ4n) is 1.72. The van der Waals surface area contributed by atoms with Crippen LogP contribution < -0.4 is 4.74 Å². The van der Waals surface area contributed by atoms with E-state index in [1.165, 1.54) is 4.68 Å². The minimum atomic E-state index is -1.16. The minimum absolute atomic E-state index is 0.0407. The van der Waals surface area contributed by atoms with E-state index in [9.17, 15) is 4.79 Å². The molecule has 7 heteroatoms. The van der Waals surface area contributed by atoms with Crippen LogP contribution in [0.3, 0.4) is 0 Å². The molecule has 0 aliphatic heterocycles. The number of rotatable bonds is 6. The van der Waals surface area contributed by atoms with Gasteiger partial charge >= 0.3 is 5.97 Å². The first-order valence-corrected chi connectivity index (χ1v) is 5.93. The number of carboxylic acids is 1. The normalized spacial score (nSPS) is 9.95. The molecule has 0 bridgehead atoms. The van der Waals surface area contributed by atoms with Gasteiger partial charge in [0.1, 0.15) is 12.3 Å². The third kappa shape index (κ3) is 3.11. The number of hydrogen-bond donors (Lipinski definition) is 1. The van der Waals surface area contributed by atoms with E-state index in [2.05, 4.69) is 10.3 Å². The molecule has 0 spiro atoms. The summed E-state index contributed by atoms with van der Waals surface area (Å²) < 4.78 is 6.78. The van der Waals surface area contributed by atoms with Crippen molar-refractivity contribution >= 4 is 5.97 Å². The Hall–Kier alpha value is -2.88. The van der Waals surface area contributed by atoms with E-state index in [1.807, 2.05) is 36.4 Å². The maximum atomic E-state index is 11.0. The molecule has 20 heavy (non-hydrogen) atoms. The molecule has 1 aromatic carbocycles. The summed E-state index contributed by atoms with van der Waals surface area (Å²) in [6.07, 6.45) is 0.311. The van der Waals surface area contributed by atoms with E-state index in [4.69, 9.17) is 15.1 Å². The highest BCUT2D eigenvalue weighted by Gasteiger charge is 2.18. The van der Waals surface area contributed by atoms with E-state index in [0.717, 1.165) is 0 Å². The Balaban J connectivity index is 2.06. The van der Waals surface area contributed by atoms with Crippen LogP contribution >= 0.6 is 0 Å². The second-order valence-corrected chi connectivity index (χ2v) is 3.92. The molecule has 1 heterocycles. The number of hydrogen-bond acceptors (Lipinski definition) is 5. The standard InChI is InChI=1S/C13H12N4O3/c14-7-8-17-11(12(13(18)19)15-16-17)6-9-20-10-4-2-1-3-5-10/h1-5H,6,8-9H2,(H,18,19). The molecule has 0 fully saturated rings. The van der Waals surface area contributed by atoms with E-state index in [-0.39, 0.29) is 18.8 Å². The largest absolute Gasteiger partial charge is 0.493 e. The third-order valence-corrected chi connectivity index (χ3v) is 2.61. The third-order valence-electron chi connectivity index (χ3n) is 2.61. The molecule has 0 radical (unpaired) electrons. The summed E-state index contributed by atoms with van der Waals surface area (Å²) in [7, 11) is 0. The second kappa shape index (κ2) is 6.33. The number of nitrogens with zero attached hydrogens (tertiary/aromatic N) is 4. The van der Waals surface area contributed by atoms with Crippen LogP contribution in [0, 0.1) is 11.3 Å². The monoisotopic (exact) mass is 272 g/mol. The average molecular weight is 272 g/mol. The zero-order valence-electron chi connectivity index (χ0n) is 10.6. The highest BCUT2D eigenvalue weighted by atomic mass is 16.5. The molecule has 0 amide bonds. The molecule has 0 aliphatic rings. The van der Waals surface area contributed by atoms with Gasteiger partial charge in [-0.25, -0.2) is 9.48 Å². The highest BCUT2D eigenvalue weighted by Crippen LogP contribution is 2.11. The first-order chi connectivity index (χ1) is 9.72. The van der Waals surface area contributed by atoms with Crippen LogP contribution in [0.1, 0.15) is 16.2 Å². The first-order valence-electron chi connectivity index (χ1n) is 5.93. The van der Waals surface area contributed by atoms with Gasteiger partial charge in [-0.15, -0.1) is 5.10 Å². The lowest BCUT2D eigenvalue weighted by atomic mass is 10.2. The van der Waals surface area contributed by atoms with Gasteiger partial charge in [-0.3, -0.25) is 0 Å². The van der Waals surface area contributed by atoms with Crippen LogP contribution in [0.5, 0.6) is 5.75 Å². The number of benzene rings is 1. The number of ether oxygens (including phenoxy) is 1. The summed E-state index contributed by atoms with van der Waals surface area (Å²) in [5.41, 5.74) is 0.242. The van der Waals surface area contributed by atoms with Crippen molar-refractivity contribution in [2.24, 2.45) is 0 Å². The summed E-state index contributed by atoms with van der Waals surface area (Å²) in [4.78, 5) is 11.0. The van der Waals surface area contributed by atoms with Crippen LogP contribution in [0.25, 0.3) is 0 Å². The van der Waals surface area contributed by atoms with Gasteiger partial charge in [0.2, 0.25) is 0 Å². The van der Waals surface area contributed by atoms with E-state index in [0.29, 0.717) is 17.9 Å². The van der Waals surface area contributed by atoms with Crippen molar-refractivity contribution in [1.82, 2.24) is 15.0 Å². The average Bonchev–Trinajstić information content (AvgIpc) is 2.84. The fourth-order valence-corrected chi connectivity index (χ4v) is 1.72. The molecule has 2 rings (SSSR count). The number of aromatic nitrogens is 3.